The Labute approximate surface area is 83.8 Å². The summed E-state index contributed by atoms with van der Waals surface area (Å²) in [5.74, 6) is 2.31. The van der Waals surface area contributed by atoms with E-state index >= 15 is 0 Å². The van der Waals surface area contributed by atoms with Gasteiger partial charge < -0.3 is 5.21 Å². The summed E-state index contributed by atoms with van der Waals surface area (Å²) in [4.78, 5) is 0. The first-order valence-electron chi connectivity index (χ1n) is 4.27. The molecule has 0 aromatic heterocycles. The second-order valence-electron chi connectivity index (χ2n) is 2.74. The number of terminal acetylenes is 1. The molecule has 0 fully saturated rings. The number of hydrogen-bond donors (Lipinski definition) is 0. The summed E-state index contributed by atoms with van der Waals surface area (Å²) >= 11 is 0. The average Bonchev–Trinajstić information content (AvgIpc) is 2.20. The fraction of sp³-hybridized carbons (Fsp3) is 0.0833. The Bertz CT molecular complexity index is 371. The highest BCUT2D eigenvalue weighted by Crippen LogP contribution is 1.98. The molecular weight excluding hydrogens is 174 g/mol. The molecule has 0 unspecified atom stereocenters. The van der Waals surface area contributed by atoms with Gasteiger partial charge in [-0.15, -0.1) is 6.42 Å². The zero-order valence-electron chi connectivity index (χ0n) is 7.76. The third-order valence-corrected chi connectivity index (χ3v) is 1.63. The SMILES string of the molecule is C#C/C=C\C=[N+](/[O-])Cc1ccccc1. The summed E-state index contributed by atoms with van der Waals surface area (Å²) in [6.07, 6.45) is 9.43. The summed E-state index contributed by atoms with van der Waals surface area (Å²) in [5.41, 5.74) is 0.979. The monoisotopic (exact) mass is 185 g/mol. The number of hydroxylamine groups is 1. The molecule has 0 atom stereocenters. The normalized spacial score (nSPS) is 11.5. The van der Waals surface area contributed by atoms with Gasteiger partial charge in [0, 0.05) is 11.6 Å². The smallest absolute Gasteiger partial charge is 0.178 e. The Balaban J connectivity index is 2.58. The third-order valence-electron chi connectivity index (χ3n) is 1.63. The van der Waals surface area contributed by atoms with Crippen LogP contribution in [0.4, 0.5) is 0 Å². The average molecular weight is 185 g/mol. The minimum Gasteiger partial charge on any atom is -0.624 e. The van der Waals surface area contributed by atoms with Crippen LogP contribution in [-0.4, -0.2) is 11.0 Å². The van der Waals surface area contributed by atoms with E-state index in [-0.39, 0.29) is 0 Å². The predicted molar refractivity (Wildman–Crippen MR) is 57.8 cm³/mol. The molecule has 1 aromatic rings. The molecule has 0 N–H and O–H groups in total. The van der Waals surface area contributed by atoms with Crippen LogP contribution in [0.5, 0.6) is 0 Å². The fourth-order valence-corrected chi connectivity index (χ4v) is 1.01. The second-order valence-corrected chi connectivity index (χ2v) is 2.74. The molecule has 0 amide bonds. The lowest BCUT2D eigenvalue weighted by molar-refractivity contribution is -0.469. The highest BCUT2D eigenvalue weighted by Gasteiger charge is 1.94. The molecule has 70 valence electrons. The van der Waals surface area contributed by atoms with Gasteiger partial charge in [0.15, 0.2) is 12.8 Å². The standard InChI is InChI=1S/C12H11NO/c1-2-3-7-10-13(14)11-12-8-5-4-6-9-12/h1,3-10H,11H2/b7-3-,13-10-. The van der Waals surface area contributed by atoms with Crippen molar-refractivity contribution >= 4 is 6.21 Å². The quantitative estimate of drug-likeness (QED) is 0.232. The van der Waals surface area contributed by atoms with Crippen LogP contribution in [0.2, 0.25) is 0 Å². The maximum atomic E-state index is 11.2. The Hall–Kier alpha value is -2.01. The van der Waals surface area contributed by atoms with E-state index in [9.17, 15) is 5.21 Å². The van der Waals surface area contributed by atoms with E-state index in [0.717, 1.165) is 10.3 Å². The van der Waals surface area contributed by atoms with Gasteiger partial charge in [-0.25, -0.2) is 4.74 Å². The minimum atomic E-state index is 0.343. The van der Waals surface area contributed by atoms with Gasteiger partial charge in [-0.05, 0) is 6.08 Å². The number of benzene rings is 1. The summed E-state index contributed by atoms with van der Waals surface area (Å²) in [5, 5.41) is 11.2. The molecule has 0 saturated heterocycles. The lowest BCUT2D eigenvalue weighted by Gasteiger charge is -2.01. The summed E-state index contributed by atoms with van der Waals surface area (Å²) in [7, 11) is 0. The van der Waals surface area contributed by atoms with Crippen LogP contribution in [0, 0.1) is 17.6 Å². The van der Waals surface area contributed by atoms with Crippen LogP contribution in [-0.2, 0) is 6.54 Å². The molecule has 0 spiro atoms. The third kappa shape index (κ3) is 3.59. The van der Waals surface area contributed by atoms with Gasteiger partial charge in [0.1, 0.15) is 0 Å². The van der Waals surface area contributed by atoms with E-state index in [1.165, 1.54) is 12.3 Å². The molecule has 0 saturated carbocycles. The minimum absolute atomic E-state index is 0.343. The maximum absolute atomic E-state index is 11.2. The van der Waals surface area contributed by atoms with Crippen LogP contribution in [0.1, 0.15) is 5.56 Å². The molecule has 0 bridgehead atoms. The molecule has 2 heteroatoms. The van der Waals surface area contributed by atoms with Gasteiger partial charge in [-0.1, -0.05) is 36.3 Å². The van der Waals surface area contributed by atoms with Gasteiger partial charge in [-0.2, -0.15) is 0 Å². The summed E-state index contributed by atoms with van der Waals surface area (Å²) in [6.45, 7) is 0.343. The largest absolute Gasteiger partial charge is 0.624 e. The van der Waals surface area contributed by atoms with Crippen molar-refractivity contribution in [2.75, 3.05) is 0 Å². The van der Waals surface area contributed by atoms with Crippen molar-refractivity contribution in [3.8, 4) is 12.3 Å². The topological polar surface area (TPSA) is 26.1 Å². The lowest BCUT2D eigenvalue weighted by atomic mass is 10.2. The van der Waals surface area contributed by atoms with Crippen molar-refractivity contribution in [2.45, 2.75) is 6.54 Å². The van der Waals surface area contributed by atoms with Crippen LogP contribution in [0.3, 0.4) is 0 Å². The van der Waals surface area contributed by atoms with Crippen molar-refractivity contribution in [1.82, 2.24) is 0 Å². The molecule has 0 heterocycles. The Kier molecular flexibility index (Phi) is 4.03. The molecule has 0 aliphatic rings. The van der Waals surface area contributed by atoms with E-state index < -0.39 is 0 Å². The lowest BCUT2D eigenvalue weighted by Crippen LogP contribution is -2.03. The van der Waals surface area contributed by atoms with E-state index in [2.05, 4.69) is 5.92 Å². The van der Waals surface area contributed by atoms with Crippen molar-refractivity contribution in [2.24, 2.45) is 0 Å². The van der Waals surface area contributed by atoms with E-state index in [0.29, 0.717) is 6.54 Å². The first-order valence-corrected chi connectivity index (χ1v) is 4.27. The van der Waals surface area contributed by atoms with E-state index in [4.69, 9.17) is 6.42 Å². The molecular formula is C12H11NO. The Morgan fingerprint density at radius 1 is 1.36 bits per heavy atom. The maximum Gasteiger partial charge on any atom is 0.178 e. The predicted octanol–water partition coefficient (Wildman–Crippen LogP) is 1.96. The zero-order valence-corrected chi connectivity index (χ0v) is 7.76. The summed E-state index contributed by atoms with van der Waals surface area (Å²) < 4.78 is 0.836. The Morgan fingerprint density at radius 3 is 2.71 bits per heavy atom. The van der Waals surface area contributed by atoms with Crippen LogP contribution in [0.15, 0.2) is 42.5 Å². The van der Waals surface area contributed by atoms with E-state index in [1.807, 2.05) is 30.3 Å². The summed E-state index contributed by atoms with van der Waals surface area (Å²) in [6, 6.07) is 9.54. The second kappa shape index (κ2) is 5.60. The number of rotatable bonds is 3. The van der Waals surface area contributed by atoms with Crippen molar-refractivity contribution in [3.63, 3.8) is 0 Å². The van der Waals surface area contributed by atoms with Crippen molar-refractivity contribution in [1.29, 1.82) is 0 Å². The fourth-order valence-electron chi connectivity index (χ4n) is 1.01. The highest BCUT2D eigenvalue weighted by atomic mass is 16.5. The molecule has 0 aliphatic heterocycles. The Morgan fingerprint density at radius 2 is 2.07 bits per heavy atom. The van der Waals surface area contributed by atoms with Gasteiger partial charge in [0.2, 0.25) is 0 Å². The van der Waals surface area contributed by atoms with Gasteiger partial charge in [0.25, 0.3) is 0 Å². The van der Waals surface area contributed by atoms with Crippen LogP contribution < -0.4 is 0 Å². The van der Waals surface area contributed by atoms with Gasteiger partial charge in [0.05, 0.1) is 0 Å². The first-order chi connectivity index (χ1) is 6.83. The molecule has 14 heavy (non-hydrogen) atoms. The van der Waals surface area contributed by atoms with Crippen LogP contribution in [0.25, 0.3) is 0 Å². The van der Waals surface area contributed by atoms with Gasteiger partial charge >= 0.3 is 0 Å². The zero-order chi connectivity index (χ0) is 10.2. The van der Waals surface area contributed by atoms with Crippen LogP contribution >= 0.6 is 0 Å². The van der Waals surface area contributed by atoms with Crippen molar-refractivity contribution < 1.29 is 4.74 Å². The highest BCUT2D eigenvalue weighted by molar-refractivity contribution is 5.67. The molecule has 2 nitrogen and oxygen atoms in total. The number of allylic oxidation sites excluding steroid dienone is 2. The molecule has 0 radical (unpaired) electrons. The molecule has 1 aromatic carbocycles. The molecule has 0 aliphatic carbocycles. The van der Waals surface area contributed by atoms with E-state index in [1.54, 1.807) is 6.08 Å². The molecule has 1 rings (SSSR count). The van der Waals surface area contributed by atoms with Gasteiger partial charge in [-0.3, -0.25) is 0 Å². The first kappa shape index (κ1) is 10.1. The number of nitrogens with zero attached hydrogens (tertiary/aromatic N) is 1. The number of hydrogen-bond acceptors (Lipinski definition) is 1. The van der Waals surface area contributed by atoms with Crippen molar-refractivity contribution in [3.05, 3.63) is 53.3 Å².